The second-order valence-electron chi connectivity index (χ2n) is 11.9. The molecule has 262 valence electrons. The van der Waals surface area contributed by atoms with E-state index in [0.717, 1.165) is 16.7 Å². The van der Waals surface area contributed by atoms with Gasteiger partial charge < -0.3 is 34.1 Å². The lowest BCUT2D eigenvalue weighted by Crippen LogP contribution is -2.40. The van der Waals surface area contributed by atoms with Crippen LogP contribution in [0.5, 0.6) is 11.5 Å². The molecule has 1 fully saturated rings. The van der Waals surface area contributed by atoms with Crippen LogP contribution in [-0.2, 0) is 19.8 Å². The summed E-state index contributed by atoms with van der Waals surface area (Å²) in [5.74, 6) is 1.22. The number of ether oxygens (including phenoxy) is 5. The van der Waals surface area contributed by atoms with Crippen molar-refractivity contribution in [3.8, 4) is 24.0 Å². The standard InChI is InChI=1S/C40H35N5O7/c1-4-50-35-34(46)32(52-39(35)45-25-43-33-36(41-24-42-37(33)45)44-38(47)26-11-7-5-8-12-26)23-51-40(27-13-9-6-10-14-27,28-15-19-30(48-2)20-16-28)29-17-21-31(49-3)22-18-29/h1,5-22,24-25,32,34-35,39,46H,23H2,2-3H3,(H,41,42,44,47). The lowest BCUT2D eigenvalue weighted by Gasteiger charge is -2.37. The molecule has 2 aromatic heterocycles. The van der Waals surface area contributed by atoms with Crippen molar-refractivity contribution in [3.63, 3.8) is 0 Å². The highest BCUT2D eigenvalue weighted by atomic mass is 16.6. The monoisotopic (exact) mass is 697 g/mol. The van der Waals surface area contributed by atoms with Gasteiger partial charge in [-0.25, -0.2) is 15.0 Å². The normalized spacial score (nSPS) is 18.4. The Kier molecular flexibility index (Phi) is 9.81. The number of aromatic nitrogens is 4. The van der Waals surface area contributed by atoms with Crippen LogP contribution in [0.2, 0.25) is 0 Å². The molecule has 0 bridgehead atoms. The third-order valence-electron chi connectivity index (χ3n) is 9.06. The topological polar surface area (TPSA) is 139 Å². The zero-order chi connectivity index (χ0) is 36.1. The molecule has 4 aromatic carbocycles. The molecule has 6 aromatic rings. The maximum absolute atomic E-state index is 12.9. The van der Waals surface area contributed by atoms with Gasteiger partial charge in [0.25, 0.3) is 5.91 Å². The van der Waals surface area contributed by atoms with Crippen molar-refractivity contribution in [3.05, 3.63) is 144 Å². The molecule has 52 heavy (non-hydrogen) atoms. The largest absolute Gasteiger partial charge is 0.497 e. The molecule has 2 N–H and O–H groups in total. The number of nitrogens with one attached hydrogen (secondary N) is 1. The van der Waals surface area contributed by atoms with Gasteiger partial charge >= 0.3 is 0 Å². The highest BCUT2D eigenvalue weighted by Gasteiger charge is 2.49. The maximum atomic E-state index is 12.9. The van der Waals surface area contributed by atoms with Gasteiger partial charge in [-0.3, -0.25) is 9.36 Å². The molecule has 0 spiro atoms. The molecule has 12 heteroatoms. The fourth-order valence-electron chi connectivity index (χ4n) is 6.47. The number of amides is 1. The highest BCUT2D eigenvalue weighted by molar-refractivity contribution is 6.06. The predicted octanol–water partition coefficient (Wildman–Crippen LogP) is 5.34. The molecule has 7 rings (SSSR count). The smallest absolute Gasteiger partial charge is 0.256 e. The summed E-state index contributed by atoms with van der Waals surface area (Å²) < 4.78 is 31.6. The Labute approximate surface area is 300 Å². The van der Waals surface area contributed by atoms with Gasteiger partial charge in [0.15, 0.2) is 29.3 Å². The van der Waals surface area contributed by atoms with Gasteiger partial charge in [-0.1, -0.05) is 79.2 Å². The minimum absolute atomic E-state index is 0.0882. The first kappa shape index (κ1) is 34.2. The molecule has 4 unspecified atom stereocenters. The molecular formula is C40H35N5O7. The average molecular weight is 698 g/mol. The molecule has 1 aliphatic rings. The number of methoxy groups -OCH3 is 2. The van der Waals surface area contributed by atoms with Crippen LogP contribution in [0.15, 0.2) is 122 Å². The third kappa shape index (κ3) is 6.40. The first-order valence-electron chi connectivity index (χ1n) is 16.4. The number of fused-ring (bicyclic) bond motifs is 1. The number of terminal acetylenes is 1. The maximum Gasteiger partial charge on any atom is 0.256 e. The van der Waals surface area contributed by atoms with Crippen LogP contribution >= 0.6 is 0 Å². The van der Waals surface area contributed by atoms with Crippen LogP contribution < -0.4 is 14.8 Å². The van der Waals surface area contributed by atoms with E-state index < -0.39 is 30.1 Å². The van der Waals surface area contributed by atoms with E-state index in [1.54, 1.807) is 43.1 Å². The second-order valence-corrected chi connectivity index (χ2v) is 11.9. The van der Waals surface area contributed by atoms with Gasteiger partial charge in [0.05, 0.1) is 27.2 Å². The minimum Gasteiger partial charge on any atom is -0.497 e. The van der Waals surface area contributed by atoms with E-state index in [4.69, 9.17) is 30.1 Å². The van der Waals surface area contributed by atoms with Crippen LogP contribution in [0.4, 0.5) is 5.82 Å². The summed E-state index contributed by atoms with van der Waals surface area (Å²) >= 11 is 0. The van der Waals surface area contributed by atoms with Crippen molar-refractivity contribution < 1.29 is 33.6 Å². The summed E-state index contributed by atoms with van der Waals surface area (Å²) in [6.45, 7) is -0.0882. The summed E-state index contributed by atoms with van der Waals surface area (Å²) in [5.41, 5.74) is 2.40. The summed E-state index contributed by atoms with van der Waals surface area (Å²) in [6, 6.07) is 33.8. The van der Waals surface area contributed by atoms with E-state index in [9.17, 15) is 9.90 Å². The first-order valence-corrected chi connectivity index (χ1v) is 16.4. The first-order chi connectivity index (χ1) is 25.5. The van der Waals surface area contributed by atoms with Gasteiger partial charge in [-0.2, -0.15) is 0 Å². The van der Waals surface area contributed by atoms with Crippen LogP contribution in [0.25, 0.3) is 11.2 Å². The summed E-state index contributed by atoms with van der Waals surface area (Å²) in [7, 11) is 3.22. The van der Waals surface area contributed by atoms with E-state index in [1.807, 2.05) is 84.9 Å². The molecule has 1 aliphatic heterocycles. The van der Waals surface area contributed by atoms with Crippen LogP contribution in [0.3, 0.4) is 0 Å². The second kappa shape index (κ2) is 14.9. The quantitative estimate of drug-likeness (QED) is 0.127. The van der Waals surface area contributed by atoms with Gasteiger partial charge in [-0.15, -0.1) is 0 Å². The van der Waals surface area contributed by atoms with Gasteiger partial charge in [0.1, 0.15) is 41.7 Å². The average Bonchev–Trinajstić information content (AvgIpc) is 3.77. The highest BCUT2D eigenvalue weighted by Crippen LogP contribution is 2.43. The van der Waals surface area contributed by atoms with E-state index in [2.05, 4.69) is 26.4 Å². The van der Waals surface area contributed by atoms with E-state index in [0.29, 0.717) is 28.2 Å². The summed E-state index contributed by atoms with van der Waals surface area (Å²) in [4.78, 5) is 26.1. The minimum atomic E-state index is -1.22. The zero-order valence-corrected chi connectivity index (χ0v) is 28.3. The third-order valence-corrected chi connectivity index (χ3v) is 9.06. The fourth-order valence-corrected chi connectivity index (χ4v) is 6.47. The zero-order valence-electron chi connectivity index (χ0n) is 28.3. The van der Waals surface area contributed by atoms with Gasteiger partial charge in [0, 0.05) is 5.56 Å². The number of aliphatic hydroxyl groups is 1. The Morgan fingerprint density at radius 3 is 2.06 bits per heavy atom. The molecule has 1 saturated heterocycles. The van der Waals surface area contributed by atoms with Crippen molar-refractivity contribution in [1.82, 2.24) is 19.5 Å². The molecule has 0 radical (unpaired) electrons. The van der Waals surface area contributed by atoms with Gasteiger partial charge in [-0.05, 0) is 53.1 Å². The molecule has 0 saturated carbocycles. The van der Waals surface area contributed by atoms with Crippen LogP contribution in [0.1, 0.15) is 33.3 Å². The number of rotatable bonds is 12. The molecule has 12 nitrogen and oxygen atoms in total. The number of nitrogens with zero attached hydrogens (tertiary/aromatic N) is 4. The number of anilines is 1. The van der Waals surface area contributed by atoms with Crippen molar-refractivity contribution in [2.45, 2.75) is 30.1 Å². The molecule has 0 aliphatic carbocycles. The predicted molar refractivity (Wildman–Crippen MR) is 192 cm³/mol. The fraction of sp³-hybridized carbons (Fsp3) is 0.200. The van der Waals surface area contributed by atoms with Gasteiger partial charge in [0.2, 0.25) is 0 Å². The number of carbonyl (C=O) groups excluding carboxylic acids is 1. The number of hydrogen-bond acceptors (Lipinski definition) is 10. The van der Waals surface area contributed by atoms with E-state index in [-0.39, 0.29) is 18.3 Å². The molecule has 3 heterocycles. The Hall–Kier alpha value is -6.26. The van der Waals surface area contributed by atoms with Crippen LogP contribution in [-0.4, -0.2) is 69.7 Å². The Morgan fingerprint density at radius 1 is 0.865 bits per heavy atom. The lowest BCUT2D eigenvalue weighted by atomic mass is 9.80. The van der Waals surface area contributed by atoms with Crippen molar-refractivity contribution in [2.24, 2.45) is 0 Å². The van der Waals surface area contributed by atoms with Crippen molar-refractivity contribution in [2.75, 3.05) is 26.1 Å². The van der Waals surface area contributed by atoms with Crippen molar-refractivity contribution in [1.29, 1.82) is 0 Å². The number of imidazole rings is 1. The number of hydrogen-bond donors (Lipinski definition) is 2. The molecular weight excluding hydrogens is 662 g/mol. The van der Waals surface area contributed by atoms with E-state index >= 15 is 0 Å². The number of benzene rings is 4. The van der Waals surface area contributed by atoms with E-state index in [1.165, 1.54) is 12.7 Å². The number of aliphatic hydroxyl groups excluding tert-OH is 1. The Bertz CT molecular complexity index is 2120. The Balaban J connectivity index is 1.23. The number of carbonyl (C=O) groups is 1. The van der Waals surface area contributed by atoms with Crippen LogP contribution in [0, 0.1) is 12.5 Å². The van der Waals surface area contributed by atoms with Crippen molar-refractivity contribution >= 4 is 22.9 Å². The molecule has 1 amide bonds. The summed E-state index contributed by atoms with van der Waals surface area (Å²) in [6.07, 6.45) is 6.46. The SMILES string of the molecule is C#COC1C(O)C(COC(c2ccccc2)(c2ccc(OC)cc2)c2ccc(OC)cc2)OC1n1cnc2c(NC(=O)c3ccccc3)ncnc21. The Morgan fingerprint density at radius 2 is 1.46 bits per heavy atom. The molecule has 4 atom stereocenters. The summed E-state index contributed by atoms with van der Waals surface area (Å²) in [5, 5.41) is 14.5. The lowest BCUT2D eigenvalue weighted by molar-refractivity contribution is -0.0942.